The number of morpholine rings is 1. The normalized spacial score (nSPS) is 18.5. The molecule has 1 aliphatic rings. The van der Waals surface area contributed by atoms with Gasteiger partial charge in [-0.2, -0.15) is 0 Å². The van der Waals surface area contributed by atoms with E-state index in [2.05, 4.69) is 4.90 Å². The van der Waals surface area contributed by atoms with Crippen molar-refractivity contribution in [2.75, 3.05) is 26.3 Å². The van der Waals surface area contributed by atoms with Crippen molar-refractivity contribution >= 4 is 5.78 Å². The molecule has 5 nitrogen and oxygen atoms in total. The number of nitrogens with zero attached hydrogens (tertiary/aromatic N) is 1. The fraction of sp³-hybridized carbons (Fsp3) is 0.462. The number of ether oxygens (including phenoxy) is 1. The van der Waals surface area contributed by atoms with Crippen molar-refractivity contribution in [3.8, 4) is 11.5 Å². The van der Waals surface area contributed by atoms with Crippen molar-refractivity contribution in [1.82, 2.24) is 4.90 Å². The summed E-state index contributed by atoms with van der Waals surface area (Å²) in [5, 5.41) is 18.6. The van der Waals surface area contributed by atoms with Gasteiger partial charge in [0.1, 0.15) is 0 Å². The Bertz CT molecular complexity index is 441. The zero-order valence-corrected chi connectivity index (χ0v) is 10.3. The van der Waals surface area contributed by atoms with Gasteiger partial charge in [0, 0.05) is 18.7 Å². The zero-order valence-electron chi connectivity index (χ0n) is 10.3. The van der Waals surface area contributed by atoms with Crippen molar-refractivity contribution in [3.63, 3.8) is 0 Å². The molecular weight excluding hydrogens is 234 g/mol. The van der Waals surface area contributed by atoms with Gasteiger partial charge in [0.2, 0.25) is 0 Å². The molecular formula is C13H17NO4. The van der Waals surface area contributed by atoms with Gasteiger partial charge in [-0.15, -0.1) is 0 Å². The summed E-state index contributed by atoms with van der Waals surface area (Å²) in [4.78, 5) is 14.3. The van der Waals surface area contributed by atoms with Crippen molar-refractivity contribution in [1.29, 1.82) is 0 Å². The number of rotatable bonds is 3. The van der Waals surface area contributed by atoms with E-state index in [1.807, 2.05) is 6.92 Å². The van der Waals surface area contributed by atoms with E-state index >= 15 is 0 Å². The molecule has 2 N–H and O–H groups in total. The molecule has 0 spiro atoms. The van der Waals surface area contributed by atoms with E-state index in [-0.39, 0.29) is 23.3 Å². The maximum Gasteiger partial charge on any atom is 0.179 e. The van der Waals surface area contributed by atoms with Crippen molar-refractivity contribution in [2.45, 2.75) is 13.0 Å². The maximum absolute atomic E-state index is 12.2. The Morgan fingerprint density at radius 3 is 2.56 bits per heavy atom. The molecule has 2 rings (SSSR count). The van der Waals surface area contributed by atoms with Crippen LogP contribution in [0.4, 0.5) is 0 Å². The second kappa shape index (κ2) is 5.37. The zero-order chi connectivity index (χ0) is 13.1. The first-order valence-corrected chi connectivity index (χ1v) is 5.97. The predicted octanol–water partition coefficient (Wildman–Crippen LogP) is 1.00. The van der Waals surface area contributed by atoms with Crippen LogP contribution in [0, 0.1) is 0 Å². The number of carbonyl (C=O) groups is 1. The Balaban J connectivity index is 2.11. The first-order chi connectivity index (χ1) is 8.59. The SMILES string of the molecule is CC(C(=O)c1ccc(O)c(O)c1)N1CCOCC1. The fourth-order valence-corrected chi connectivity index (χ4v) is 2.05. The molecule has 98 valence electrons. The lowest BCUT2D eigenvalue weighted by molar-refractivity contribution is 0.0208. The lowest BCUT2D eigenvalue weighted by Crippen LogP contribution is -2.45. The number of hydrogen-bond acceptors (Lipinski definition) is 5. The first-order valence-electron chi connectivity index (χ1n) is 5.97. The number of ketones is 1. The van der Waals surface area contributed by atoms with Gasteiger partial charge in [-0.1, -0.05) is 0 Å². The number of hydrogen-bond donors (Lipinski definition) is 2. The monoisotopic (exact) mass is 251 g/mol. The minimum absolute atomic E-state index is 0.0628. The quantitative estimate of drug-likeness (QED) is 0.619. The third-order valence-electron chi connectivity index (χ3n) is 3.23. The maximum atomic E-state index is 12.2. The Morgan fingerprint density at radius 2 is 1.94 bits per heavy atom. The highest BCUT2D eigenvalue weighted by Gasteiger charge is 2.24. The number of phenolic OH excluding ortho intramolecular Hbond substituents is 2. The highest BCUT2D eigenvalue weighted by Crippen LogP contribution is 2.25. The summed E-state index contributed by atoms with van der Waals surface area (Å²) in [6.45, 7) is 4.59. The molecule has 0 amide bonds. The van der Waals surface area contributed by atoms with E-state index in [1.54, 1.807) is 0 Å². The van der Waals surface area contributed by atoms with Gasteiger partial charge in [0.25, 0.3) is 0 Å². The van der Waals surface area contributed by atoms with Crippen molar-refractivity contribution in [2.24, 2.45) is 0 Å². The lowest BCUT2D eigenvalue weighted by atomic mass is 10.0. The van der Waals surface area contributed by atoms with Crippen LogP contribution in [-0.2, 0) is 4.74 Å². The molecule has 1 aliphatic heterocycles. The van der Waals surface area contributed by atoms with Gasteiger partial charge < -0.3 is 14.9 Å². The summed E-state index contributed by atoms with van der Waals surface area (Å²) in [5.74, 6) is -0.548. The van der Waals surface area contributed by atoms with Crippen LogP contribution in [0.5, 0.6) is 11.5 Å². The first kappa shape index (κ1) is 12.9. The van der Waals surface area contributed by atoms with Crippen LogP contribution < -0.4 is 0 Å². The molecule has 1 unspecified atom stereocenters. The van der Waals surface area contributed by atoms with E-state index in [0.717, 1.165) is 13.1 Å². The van der Waals surface area contributed by atoms with Crippen LogP contribution in [-0.4, -0.2) is 53.2 Å². The van der Waals surface area contributed by atoms with E-state index in [0.29, 0.717) is 18.8 Å². The van der Waals surface area contributed by atoms with Crippen LogP contribution >= 0.6 is 0 Å². The van der Waals surface area contributed by atoms with Gasteiger partial charge in [-0.05, 0) is 25.1 Å². The van der Waals surface area contributed by atoms with E-state index in [1.165, 1.54) is 18.2 Å². The largest absolute Gasteiger partial charge is 0.504 e. The summed E-state index contributed by atoms with van der Waals surface area (Å²) < 4.78 is 5.24. The van der Waals surface area contributed by atoms with Crippen LogP contribution in [0.25, 0.3) is 0 Å². The van der Waals surface area contributed by atoms with E-state index in [9.17, 15) is 15.0 Å². The molecule has 0 radical (unpaired) electrons. The Morgan fingerprint density at radius 1 is 1.28 bits per heavy atom. The number of carbonyl (C=O) groups excluding carboxylic acids is 1. The molecule has 1 saturated heterocycles. The summed E-state index contributed by atoms with van der Waals surface area (Å²) in [5.41, 5.74) is 0.407. The highest BCUT2D eigenvalue weighted by molar-refractivity contribution is 6.00. The van der Waals surface area contributed by atoms with Gasteiger partial charge >= 0.3 is 0 Å². The minimum atomic E-state index is -0.268. The second-order valence-electron chi connectivity index (χ2n) is 4.39. The van der Waals surface area contributed by atoms with Crippen molar-refractivity contribution < 1.29 is 19.7 Å². The van der Waals surface area contributed by atoms with E-state index < -0.39 is 0 Å². The van der Waals surface area contributed by atoms with Crippen LogP contribution in [0.3, 0.4) is 0 Å². The molecule has 0 saturated carbocycles. The van der Waals surface area contributed by atoms with E-state index in [4.69, 9.17) is 4.74 Å². The summed E-state index contributed by atoms with van der Waals surface area (Å²) >= 11 is 0. The number of benzene rings is 1. The average Bonchev–Trinajstić information content (AvgIpc) is 2.41. The average molecular weight is 251 g/mol. The lowest BCUT2D eigenvalue weighted by Gasteiger charge is -2.31. The number of phenols is 2. The Hall–Kier alpha value is -1.59. The van der Waals surface area contributed by atoms with Crippen LogP contribution in [0.2, 0.25) is 0 Å². The fourth-order valence-electron chi connectivity index (χ4n) is 2.05. The van der Waals surface area contributed by atoms with Gasteiger partial charge in [0.05, 0.1) is 19.3 Å². The van der Waals surface area contributed by atoms with Gasteiger partial charge in [-0.3, -0.25) is 9.69 Å². The summed E-state index contributed by atoms with van der Waals surface area (Å²) in [6.07, 6.45) is 0. The highest BCUT2D eigenvalue weighted by atomic mass is 16.5. The standard InChI is InChI=1S/C13H17NO4/c1-9(14-4-6-18-7-5-14)13(17)10-2-3-11(15)12(16)8-10/h2-3,8-9,15-16H,4-7H2,1H3. The summed E-state index contributed by atoms with van der Waals surface area (Å²) in [6, 6.07) is 3.90. The van der Waals surface area contributed by atoms with Crippen LogP contribution in [0.1, 0.15) is 17.3 Å². The molecule has 1 aromatic carbocycles. The predicted molar refractivity (Wildman–Crippen MR) is 66.0 cm³/mol. The van der Waals surface area contributed by atoms with Gasteiger partial charge in [-0.25, -0.2) is 0 Å². The molecule has 1 heterocycles. The molecule has 18 heavy (non-hydrogen) atoms. The molecule has 0 aliphatic carbocycles. The molecule has 0 bridgehead atoms. The number of aromatic hydroxyl groups is 2. The third-order valence-corrected chi connectivity index (χ3v) is 3.23. The smallest absolute Gasteiger partial charge is 0.179 e. The van der Waals surface area contributed by atoms with Gasteiger partial charge in [0.15, 0.2) is 17.3 Å². The Kier molecular flexibility index (Phi) is 3.84. The topological polar surface area (TPSA) is 70.0 Å². The Labute approximate surface area is 106 Å². The molecule has 1 atom stereocenters. The number of Topliss-reactive ketones (excluding diaryl/α,β-unsaturated/α-hetero) is 1. The molecule has 0 aromatic heterocycles. The minimum Gasteiger partial charge on any atom is -0.504 e. The second-order valence-corrected chi connectivity index (χ2v) is 4.39. The molecule has 1 aromatic rings. The summed E-state index contributed by atoms with van der Waals surface area (Å²) in [7, 11) is 0. The van der Waals surface area contributed by atoms with Crippen molar-refractivity contribution in [3.05, 3.63) is 23.8 Å². The van der Waals surface area contributed by atoms with Crippen LogP contribution in [0.15, 0.2) is 18.2 Å². The molecule has 5 heteroatoms. The third kappa shape index (κ3) is 2.63. The molecule has 1 fully saturated rings.